The predicted octanol–water partition coefficient (Wildman–Crippen LogP) is 3.57. The highest BCUT2D eigenvalue weighted by Crippen LogP contribution is 2.23. The highest BCUT2D eigenvalue weighted by atomic mass is 35.5. The van der Waals surface area contributed by atoms with E-state index < -0.39 is 0 Å². The highest BCUT2D eigenvalue weighted by Gasteiger charge is 2.05. The number of benzene rings is 1. The number of alkyl halides is 1. The first-order valence-corrected chi connectivity index (χ1v) is 5.48. The molecule has 1 aromatic carbocycles. The first kappa shape index (κ1) is 10.5. The molecule has 15 heavy (non-hydrogen) atoms. The molecule has 4 heteroatoms. The van der Waals surface area contributed by atoms with Crippen LogP contribution in [-0.4, -0.2) is 9.55 Å². The lowest BCUT2D eigenvalue weighted by Crippen LogP contribution is -1.96. The van der Waals surface area contributed by atoms with E-state index in [0.717, 1.165) is 17.1 Å². The van der Waals surface area contributed by atoms with Crippen LogP contribution >= 0.6 is 23.2 Å². The molecule has 0 spiro atoms. The monoisotopic (exact) mass is 240 g/mol. The molecule has 2 aromatic rings. The first-order chi connectivity index (χ1) is 7.22. The van der Waals surface area contributed by atoms with Crippen molar-refractivity contribution in [2.75, 3.05) is 0 Å². The van der Waals surface area contributed by atoms with E-state index in [1.165, 1.54) is 0 Å². The maximum absolute atomic E-state index is 6.16. The van der Waals surface area contributed by atoms with Crippen LogP contribution < -0.4 is 0 Å². The van der Waals surface area contributed by atoms with E-state index in [4.69, 9.17) is 23.2 Å². The van der Waals surface area contributed by atoms with Gasteiger partial charge in [0, 0.05) is 18.3 Å². The quantitative estimate of drug-likeness (QED) is 0.735. The van der Waals surface area contributed by atoms with Crippen LogP contribution in [0.1, 0.15) is 11.4 Å². The molecule has 78 valence electrons. The van der Waals surface area contributed by atoms with Crippen LogP contribution in [0, 0.1) is 6.92 Å². The van der Waals surface area contributed by atoms with E-state index in [2.05, 4.69) is 4.98 Å². The van der Waals surface area contributed by atoms with Crippen LogP contribution in [0.3, 0.4) is 0 Å². The van der Waals surface area contributed by atoms with Crippen molar-refractivity contribution in [2.45, 2.75) is 12.8 Å². The van der Waals surface area contributed by atoms with Gasteiger partial charge in [0.05, 0.1) is 10.7 Å². The van der Waals surface area contributed by atoms with Crippen molar-refractivity contribution < 1.29 is 0 Å². The van der Waals surface area contributed by atoms with Crippen LogP contribution in [-0.2, 0) is 5.88 Å². The molecule has 0 unspecified atom stereocenters. The minimum atomic E-state index is 0.475. The van der Waals surface area contributed by atoms with Gasteiger partial charge in [-0.2, -0.15) is 0 Å². The second-order valence-electron chi connectivity index (χ2n) is 3.26. The number of aryl methyl sites for hydroxylation is 1. The van der Waals surface area contributed by atoms with Crippen molar-refractivity contribution in [1.82, 2.24) is 9.55 Å². The third-order valence-corrected chi connectivity index (χ3v) is 2.86. The first-order valence-electron chi connectivity index (χ1n) is 4.57. The van der Waals surface area contributed by atoms with E-state index in [1.807, 2.05) is 35.9 Å². The molecule has 0 amide bonds. The zero-order valence-corrected chi connectivity index (χ0v) is 9.76. The molecule has 0 radical (unpaired) electrons. The van der Waals surface area contributed by atoms with Gasteiger partial charge in [-0.05, 0) is 24.6 Å². The second kappa shape index (κ2) is 4.25. The maximum Gasteiger partial charge on any atom is 0.110 e. The van der Waals surface area contributed by atoms with Gasteiger partial charge in [-0.25, -0.2) is 4.98 Å². The summed E-state index contributed by atoms with van der Waals surface area (Å²) in [4.78, 5) is 4.15. The largest absolute Gasteiger partial charge is 0.302 e. The molecule has 0 saturated heterocycles. The van der Waals surface area contributed by atoms with Crippen molar-refractivity contribution in [3.05, 3.63) is 47.0 Å². The van der Waals surface area contributed by atoms with Gasteiger partial charge >= 0.3 is 0 Å². The lowest BCUT2D eigenvalue weighted by Gasteiger charge is -2.08. The number of aromatic nitrogens is 2. The van der Waals surface area contributed by atoms with Gasteiger partial charge < -0.3 is 4.57 Å². The molecule has 1 aromatic heterocycles. The van der Waals surface area contributed by atoms with Gasteiger partial charge in [0.1, 0.15) is 5.82 Å². The molecule has 0 bridgehead atoms. The summed E-state index contributed by atoms with van der Waals surface area (Å²) in [6.07, 6.45) is 3.64. The van der Waals surface area contributed by atoms with Crippen LogP contribution in [0.25, 0.3) is 5.69 Å². The fraction of sp³-hybridized carbons (Fsp3) is 0.182. The maximum atomic E-state index is 6.16. The Morgan fingerprint density at radius 3 is 2.73 bits per heavy atom. The Bertz CT molecular complexity index is 477. The molecule has 0 atom stereocenters. The molecular weight excluding hydrogens is 231 g/mol. The van der Waals surface area contributed by atoms with Crippen molar-refractivity contribution in [1.29, 1.82) is 0 Å². The fourth-order valence-electron chi connectivity index (χ4n) is 1.46. The smallest absolute Gasteiger partial charge is 0.110 e. The molecule has 2 nitrogen and oxygen atoms in total. The molecule has 0 aliphatic carbocycles. The summed E-state index contributed by atoms with van der Waals surface area (Å²) in [7, 11) is 0. The van der Waals surface area contributed by atoms with Crippen LogP contribution in [0.15, 0.2) is 30.6 Å². The third kappa shape index (κ3) is 2.01. The second-order valence-corrected chi connectivity index (χ2v) is 3.94. The van der Waals surface area contributed by atoms with Crippen LogP contribution in [0.2, 0.25) is 5.02 Å². The van der Waals surface area contributed by atoms with Gasteiger partial charge in [-0.1, -0.05) is 17.7 Å². The average molecular weight is 241 g/mol. The zero-order chi connectivity index (χ0) is 10.8. The SMILES string of the molecule is Cc1nccn1-c1ccc(CCl)cc1Cl. The Labute approximate surface area is 98.5 Å². The van der Waals surface area contributed by atoms with E-state index in [-0.39, 0.29) is 0 Å². The van der Waals surface area contributed by atoms with Crippen LogP contribution in [0.4, 0.5) is 0 Å². The zero-order valence-electron chi connectivity index (χ0n) is 8.24. The van der Waals surface area contributed by atoms with Crippen LogP contribution in [0.5, 0.6) is 0 Å². The molecule has 0 aliphatic rings. The number of halogens is 2. The van der Waals surface area contributed by atoms with E-state index in [0.29, 0.717) is 10.9 Å². The third-order valence-electron chi connectivity index (χ3n) is 2.25. The molecule has 0 N–H and O–H groups in total. The minimum Gasteiger partial charge on any atom is -0.302 e. The van der Waals surface area contributed by atoms with Gasteiger partial charge in [0.25, 0.3) is 0 Å². The van der Waals surface area contributed by atoms with Gasteiger partial charge in [-0.3, -0.25) is 0 Å². The van der Waals surface area contributed by atoms with Crippen molar-refractivity contribution in [2.24, 2.45) is 0 Å². The number of hydrogen-bond donors (Lipinski definition) is 0. The molecular formula is C11H10Cl2N2. The highest BCUT2D eigenvalue weighted by molar-refractivity contribution is 6.32. The Kier molecular flexibility index (Phi) is 2.98. The number of imidazole rings is 1. The Morgan fingerprint density at radius 1 is 1.40 bits per heavy atom. The summed E-state index contributed by atoms with van der Waals surface area (Å²) in [5.41, 5.74) is 1.95. The van der Waals surface area contributed by atoms with Gasteiger partial charge in [0.2, 0.25) is 0 Å². The lowest BCUT2D eigenvalue weighted by molar-refractivity contribution is 0.974. The summed E-state index contributed by atoms with van der Waals surface area (Å²) >= 11 is 11.9. The fourth-order valence-corrected chi connectivity index (χ4v) is 1.92. The summed E-state index contributed by atoms with van der Waals surface area (Å²) in [5.74, 6) is 1.39. The minimum absolute atomic E-state index is 0.475. The molecule has 0 fully saturated rings. The summed E-state index contributed by atoms with van der Waals surface area (Å²) in [5, 5.41) is 0.689. The molecule has 2 rings (SSSR count). The van der Waals surface area contributed by atoms with Gasteiger partial charge in [0.15, 0.2) is 0 Å². The Morgan fingerprint density at radius 2 is 2.20 bits per heavy atom. The van der Waals surface area contributed by atoms with E-state index in [1.54, 1.807) is 6.20 Å². The molecule has 1 heterocycles. The van der Waals surface area contributed by atoms with E-state index >= 15 is 0 Å². The van der Waals surface area contributed by atoms with E-state index in [9.17, 15) is 0 Å². The summed E-state index contributed by atoms with van der Waals surface area (Å²) < 4.78 is 1.94. The Balaban J connectivity index is 2.50. The topological polar surface area (TPSA) is 17.8 Å². The number of nitrogens with zero attached hydrogens (tertiary/aromatic N) is 2. The standard InChI is InChI=1S/C11H10Cl2N2/c1-8-14-4-5-15(8)11-3-2-9(7-12)6-10(11)13/h2-6H,7H2,1H3. The average Bonchev–Trinajstić information content (AvgIpc) is 2.64. The summed E-state index contributed by atoms with van der Waals surface area (Å²) in [6.45, 7) is 1.94. The summed E-state index contributed by atoms with van der Waals surface area (Å²) in [6, 6.07) is 5.80. The molecule has 0 saturated carbocycles. The predicted molar refractivity (Wildman–Crippen MR) is 62.9 cm³/mol. The Hall–Kier alpha value is -0.990. The normalized spacial score (nSPS) is 10.6. The number of hydrogen-bond acceptors (Lipinski definition) is 1. The number of rotatable bonds is 2. The molecule has 0 aliphatic heterocycles. The van der Waals surface area contributed by atoms with Gasteiger partial charge in [-0.15, -0.1) is 11.6 Å². The van der Waals surface area contributed by atoms with Crippen molar-refractivity contribution in [3.8, 4) is 5.69 Å². The van der Waals surface area contributed by atoms with Crippen molar-refractivity contribution in [3.63, 3.8) is 0 Å². The lowest BCUT2D eigenvalue weighted by atomic mass is 10.2. The van der Waals surface area contributed by atoms with Crippen molar-refractivity contribution >= 4 is 23.2 Å².